The molecule has 3 unspecified atom stereocenters. The number of aliphatic hydroxyl groups is 4. The van der Waals surface area contributed by atoms with Gasteiger partial charge in [-0.1, -0.05) is 0 Å². The third-order valence-electron chi connectivity index (χ3n) is 3.26. The predicted molar refractivity (Wildman–Crippen MR) is 66.8 cm³/mol. The molecule has 0 radical (unpaired) electrons. The quantitative estimate of drug-likeness (QED) is 0.267. The molecule has 0 saturated carbocycles. The number of hydrogen-bond donors (Lipinski definition) is 7. The second kappa shape index (κ2) is 6.64. The van der Waals surface area contributed by atoms with Gasteiger partial charge in [0.2, 0.25) is 5.91 Å². The van der Waals surface area contributed by atoms with E-state index in [4.69, 9.17) is 15.6 Å². The lowest BCUT2D eigenvalue weighted by Gasteiger charge is -2.44. The van der Waals surface area contributed by atoms with Gasteiger partial charge in [-0.2, -0.15) is 0 Å². The maximum absolute atomic E-state index is 11.1. The Bertz CT molecular complexity index is 406. The van der Waals surface area contributed by atoms with Crippen LogP contribution in [-0.2, 0) is 14.3 Å². The Morgan fingerprint density at radius 1 is 1.48 bits per heavy atom. The molecule has 21 heavy (non-hydrogen) atoms. The largest absolute Gasteiger partial charge is 0.477 e. The molecule has 8 N–H and O–H groups in total. The Morgan fingerprint density at radius 2 is 2.05 bits per heavy atom. The summed E-state index contributed by atoms with van der Waals surface area (Å²) < 4.78 is 4.92. The number of aliphatic hydroxyl groups excluding tert-OH is 3. The molecule has 1 rings (SSSR count). The highest BCUT2D eigenvalue weighted by molar-refractivity contribution is 5.76. The second-order valence-electron chi connectivity index (χ2n) is 4.96. The molecule has 1 heterocycles. The lowest BCUT2D eigenvalue weighted by atomic mass is 9.88. The molecule has 10 heteroatoms. The molecule has 1 aliphatic rings. The predicted octanol–water partition coefficient (Wildman–Crippen LogP) is -3.91. The van der Waals surface area contributed by atoms with Crippen LogP contribution in [0, 0.1) is 0 Å². The van der Waals surface area contributed by atoms with E-state index in [1.54, 1.807) is 0 Å². The van der Waals surface area contributed by atoms with Gasteiger partial charge in [-0.3, -0.25) is 4.79 Å². The molecule has 1 fully saturated rings. The number of carboxylic acids is 1. The number of ether oxygens (including phenoxy) is 1. The Labute approximate surface area is 120 Å². The smallest absolute Gasteiger partial charge is 0.364 e. The summed E-state index contributed by atoms with van der Waals surface area (Å²) in [4.78, 5) is 22.2. The van der Waals surface area contributed by atoms with Crippen LogP contribution in [0.5, 0.6) is 0 Å². The molecule has 0 aromatic carbocycles. The van der Waals surface area contributed by atoms with Crippen LogP contribution in [0.15, 0.2) is 0 Å². The first-order chi connectivity index (χ1) is 9.62. The average molecular weight is 308 g/mol. The molecule has 0 aliphatic carbocycles. The van der Waals surface area contributed by atoms with Crippen molar-refractivity contribution in [3.05, 3.63) is 0 Å². The molecule has 0 aromatic heterocycles. The van der Waals surface area contributed by atoms with E-state index in [-0.39, 0.29) is 6.54 Å². The summed E-state index contributed by atoms with van der Waals surface area (Å²) in [6.45, 7) is 0.781. The van der Waals surface area contributed by atoms with Gasteiger partial charge >= 0.3 is 5.97 Å². The molecular weight excluding hydrogens is 288 g/mol. The first-order valence-corrected chi connectivity index (χ1v) is 6.27. The van der Waals surface area contributed by atoms with Gasteiger partial charge in [-0.15, -0.1) is 0 Å². The molecule has 0 aromatic rings. The Kier molecular flexibility index (Phi) is 5.61. The number of rotatable bonds is 5. The van der Waals surface area contributed by atoms with Crippen LogP contribution in [0.3, 0.4) is 0 Å². The molecule has 0 spiro atoms. The third-order valence-corrected chi connectivity index (χ3v) is 3.26. The van der Waals surface area contributed by atoms with Gasteiger partial charge in [0.15, 0.2) is 0 Å². The standard InChI is InChI=1S/C11H20N2O8/c1-4(14)13-7-5(15)2-11(20,10(18)19)21-9(7)8(17)6(16)3-12/h5-9,15-17,20H,2-3,12H2,1H3,(H,13,14)(H,18,19)/t5-,6?,7+,8?,9+,11?/m0/s1. The van der Waals surface area contributed by atoms with Crippen molar-refractivity contribution in [2.45, 2.75) is 49.6 Å². The Hall–Kier alpha value is -1.30. The number of nitrogens with two attached hydrogens (primary N) is 1. The number of nitrogens with one attached hydrogen (secondary N) is 1. The summed E-state index contributed by atoms with van der Waals surface area (Å²) in [5.41, 5.74) is 5.19. The summed E-state index contributed by atoms with van der Waals surface area (Å²) >= 11 is 0. The lowest BCUT2D eigenvalue weighted by molar-refractivity contribution is -0.294. The highest BCUT2D eigenvalue weighted by Gasteiger charge is 2.53. The summed E-state index contributed by atoms with van der Waals surface area (Å²) in [7, 11) is 0. The molecular formula is C11H20N2O8. The number of carbonyl (C=O) groups excluding carboxylic acids is 1. The van der Waals surface area contributed by atoms with Crippen molar-refractivity contribution in [1.82, 2.24) is 5.32 Å². The van der Waals surface area contributed by atoms with Crippen molar-refractivity contribution in [3.8, 4) is 0 Å². The van der Waals surface area contributed by atoms with E-state index < -0.39 is 54.5 Å². The van der Waals surface area contributed by atoms with Crippen molar-refractivity contribution in [3.63, 3.8) is 0 Å². The third kappa shape index (κ3) is 3.87. The summed E-state index contributed by atoms with van der Waals surface area (Å²) in [6.07, 6.45) is -6.98. The van der Waals surface area contributed by atoms with E-state index in [2.05, 4.69) is 5.32 Å². The van der Waals surface area contributed by atoms with Gasteiger partial charge in [-0.05, 0) is 0 Å². The van der Waals surface area contributed by atoms with Gasteiger partial charge in [0, 0.05) is 19.9 Å². The summed E-state index contributed by atoms with van der Waals surface area (Å²) in [5.74, 6) is -5.07. The maximum atomic E-state index is 11.1. The molecule has 10 nitrogen and oxygen atoms in total. The number of aliphatic carboxylic acids is 1. The van der Waals surface area contributed by atoms with Gasteiger partial charge in [0.05, 0.1) is 18.2 Å². The van der Waals surface area contributed by atoms with Gasteiger partial charge in [0.25, 0.3) is 5.79 Å². The van der Waals surface area contributed by atoms with Crippen LogP contribution >= 0.6 is 0 Å². The van der Waals surface area contributed by atoms with E-state index in [9.17, 15) is 30.0 Å². The van der Waals surface area contributed by atoms with Crippen LogP contribution in [0.4, 0.5) is 0 Å². The Balaban J connectivity index is 3.07. The maximum Gasteiger partial charge on any atom is 0.364 e. The van der Waals surface area contributed by atoms with E-state index in [1.165, 1.54) is 0 Å². The van der Waals surface area contributed by atoms with Crippen LogP contribution in [-0.4, -0.2) is 80.2 Å². The van der Waals surface area contributed by atoms with Crippen LogP contribution in [0.25, 0.3) is 0 Å². The van der Waals surface area contributed by atoms with E-state index >= 15 is 0 Å². The van der Waals surface area contributed by atoms with E-state index in [0.29, 0.717) is 0 Å². The molecule has 1 amide bonds. The molecule has 1 aliphatic heterocycles. The first-order valence-electron chi connectivity index (χ1n) is 6.27. The fraction of sp³-hybridized carbons (Fsp3) is 0.818. The normalized spacial score (nSPS) is 35.8. The van der Waals surface area contributed by atoms with Gasteiger partial charge in [0.1, 0.15) is 12.2 Å². The minimum atomic E-state index is -2.74. The number of hydrogen-bond acceptors (Lipinski definition) is 8. The summed E-state index contributed by atoms with van der Waals surface area (Å²) in [6, 6.07) is -1.21. The minimum absolute atomic E-state index is 0.366. The minimum Gasteiger partial charge on any atom is -0.477 e. The molecule has 0 bridgehead atoms. The van der Waals surface area contributed by atoms with Crippen LogP contribution < -0.4 is 11.1 Å². The van der Waals surface area contributed by atoms with Crippen molar-refractivity contribution < 1.29 is 39.9 Å². The van der Waals surface area contributed by atoms with E-state index in [0.717, 1.165) is 6.92 Å². The highest BCUT2D eigenvalue weighted by atomic mass is 16.7. The Morgan fingerprint density at radius 3 is 2.48 bits per heavy atom. The number of amides is 1. The number of carbonyl (C=O) groups is 2. The molecule has 1 saturated heterocycles. The highest BCUT2D eigenvalue weighted by Crippen LogP contribution is 2.30. The number of carboxylic acid groups (broad SMARTS) is 1. The zero-order valence-electron chi connectivity index (χ0n) is 11.3. The van der Waals surface area contributed by atoms with Crippen molar-refractivity contribution in [2.75, 3.05) is 6.54 Å². The van der Waals surface area contributed by atoms with Crippen molar-refractivity contribution in [1.29, 1.82) is 0 Å². The molecule has 6 atom stereocenters. The lowest BCUT2D eigenvalue weighted by Crippen LogP contribution is -2.67. The van der Waals surface area contributed by atoms with Crippen molar-refractivity contribution in [2.24, 2.45) is 5.73 Å². The zero-order valence-corrected chi connectivity index (χ0v) is 11.3. The SMILES string of the molecule is CC(=O)N[C@@H]1[C@@H](O)CC(O)(C(=O)O)O[C@H]1C(O)C(O)CN. The second-order valence-corrected chi connectivity index (χ2v) is 4.96. The summed E-state index contributed by atoms with van der Waals surface area (Å²) in [5, 5.41) is 50.5. The average Bonchev–Trinajstić information content (AvgIpc) is 2.39. The fourth-order valence-electron chi connectivity index (χ4n) is 2.17. The topological polar surface area (TPSA) is 183 Å². The first kappa shape index (κ1) is 17.8. The van der Waals surface area contributed by atoms with E-state index in [1.807, 2.05) is 0 Å². The van der Waals surface area contributed by atoms with Gasteiger partial charge < -0.3 is 41.3 Å². The monoisotopic (exact) mass is 308 g/mol. The zero-order chi connectivity index (χ0) is 16.4. The van der Waals surface area contributed by atoms with Gasteiger partial charge in [-0.25, -0.2) is 4.79 Å². The van der Waals surface area contributed by atoms with Crippen molar-refractivity contribution >= 4 is 11.9 Å². The van der Waals surface area contributed by atoms with Crippen LogP contribution in [0.1, 0.15) is 13.3 Å². The fourth-order valence-corrected chi connectivity index (χ4v) is 2.17. The molecule has 122 valence electrons. The van der Waals surface area contributed by atoms with Crippen LogP contribution in [0.2, 0.25) is 0 Å².